The van der Waals surface area contributed by atoms with E-state index >= 15 is 0 Å². The lowest BCUT2D eigenvalue weighted by Crippen LogP contribution is -2.35. The van der Waals surface area contributed by atoms with E-state index in [9.17, 15) is 0 Å². The van der Waals surface area contributed by atoms with Gasteiger partial charge in [-0.25, -0.2) is 4.98 Å². The summed E-state index contributed by atoms with van der Waals surface area (Å²) in [6.07, 6.45) is 3.82. The summed E-state index contributed by atoms with van der Waals surface area (Å²) in [4.78, 5) is 5.98. The van der Waals surface area contributed by atoms with Gasteiger partial charge in [-0.05, 0) is 39.2 Å². The molecule has 2 nitrogen and oxygen atoms in total. The molecule has 84 valence electrons. The highest BCUT2D eigenvalue weighted by molar-refractivity contribution is 7.11. The Morgan fingerprint density at radius 3 is 2.53 bits per heavy atom. The molecule has 0 saturated heterocycles. The average Bonchev–Trinajstić information content (AvgIpc) is 2.85. The van der Waals surface area contributed by atoms with E-state index in [1.54, 1.807) is 0 Å². The number of aryl methyl sites for hydroxylation is 2. The molecule has 0 bridgehead atoms. The number of thiazole rings is 1. The summed E-state index contributed by atoms with van der Waals surface area (Å²) >= 11 is 1.85. The Balaban J connectivity index is 2.06. The molecule has 1 unspecified atom stereocenters. The zero-order valence-corrected chi connectivity index (χ0v) is 10.9. The molecule has 1 aromatic rings. The number of hydrogen-bond acceptors (Lipinski definition) is 3. The third-order valence-electron chi connectivity index (χ3n) is 3.68. The topological polar surface area (TPSA) is 24.9 Å². The lowest BCUT2D eigenvalue weighted by atomic mass is 9.96. The fourth-order valence-electron chi connectivity index (χ4n) is 2.04. The first-order valence-electron chi connectivity index (χ1n) is 5.65. The van der Waals surface area contributed by atoms with Gasteiger partial charge in [0.1, 0.15) is 0 Å². The molecule has 1 saturated carbocycles. The molecule has 1 aliphatic rings. The lowest BCUT2D eigenvalue weighted by molar-refractivity contribution is 0.375. The Kier molecular flexibility index (Phi) is 2.86. The number of hydrogen-bond donors (Lipinski definition) is 1. The quantitative estimate of drug-likeness (QED) is 0.850. The van der Waals surface area contributed by atoms with Gasteiger partial charge < -0.3 is 5.32 Å². The van der Waals surface area contributed by atoms with Crippen LogP contribution in [0.4, 0.5) is 0 Å². The van der Waals surface area contributed by atoms with Crippen molar-refractivity contribution in [1.29, 1.82) is 0 Å². The third-order valence-corrected chi connectivity index (χ3v) is 4.78. The number of aromatic nitrogens is 1. The maximum absolute atomic E-state index is 4.62. The fourth-order valence-corrected chi connectivity index (χ4v) is 3.02. The smallest absolute Gasteiger partial charge is 0.0946 e. The Morgan fingerprint density at radius 1 is 1.47 bits per heavy atom. The van der Waals surface area contributed by atoms with Crippen molar-refractivity contribution in [2.45, 2.75) is 46.1 Å². The minimum Gasteiger partial charge on any atom is -0.316 e. The zero-order chi connectivity index (χ0) is 11.1. The monoisotopic (exact) mass is 224 g/mol. The highest BCUT2D eigenvalue weighted by Crippen LogP contribution is 2.48. The van der Waals surface area contributed by atoms with E-state index in [1.165, 1.54) is 28.4 Å². The normalized spacial score (nSPS) is 20.3. The lowest BCUT2D eigenvalue weighted by Gasteiger charge is -2.21. The maximum atomic E-state index is 4.62. The first-order chi connectivity index (χ1) is 7.05. The molecule has 1 aromatic heterocycles. The van der Waals surface area contributed by atoms with Gasteiger partial charge in [-0.1, -0.05) is 6.92 Å². The van der Waals surface area contributed by atoms with Crippen LogP contribution in [0.25, 0.3) is 0 Å². The predicted octanol–water partition coefficient (Wildman–Crippen LogP) is 2.69. The van der Waals surface area contributed by atoms with Crippen LogP contribution in [0.15, 0.2) is 0 Å². The summed E-state index contributed by atoms with van der Waals surface area (Å²) in [6, 6.07) is 0.599. The molecule has 1 atom stereocenters. The zero-order valence-electron chi connectivity index (χ0n) is 10.1. The molecular formula is C12H20N2S. The van der Waals surface area contributed by atoms with E-state index in [1.807, 2.05) is 11.3 Å². The Hall–Kier alpha value is -0.410. The molecule has 0 aliphatic heterocycles. The van der Waals surface area contributed by atoms with Gasteiger partial charge in [0.25, 0.3) is 0 Å². The minimum atomic E-state index is 0.530. The number of likely N-dealkylation sites (N-methyl/N-ethyl adjacent to an activating group) is 1. The summed E-state index contributed by atoms with van der Waals surface area (Å²) in [6.45, 7) is 6.63. The molecule has 15 heavy (non-hydrogen) atoms. The second kappa shape index (κ2) is 3.87. The molecule has 3 heteroatoms. The summed E-state index contributed by atoms with van der Waals surface area (Å²) in [7, 11) is 2.07. The van der Waals surface area contributed by atoms with Crippen LogP contribution in [0, 0.1) is 19.3 Å². The summed E-state index contributed by atoms with van der Waals surface area (Å²) in [5.74, 6) is 0. The standard InChI is InChI=1S/C12H20N2S/c1-8-9(2)15-11(14-8)7-10(13-4)12(3)5-6-12/h10,13H,5-7H2,1-4H3. The molecule has 1 N–H and O–H groups in total. The Bertz CT molecular complexity index is 333. The number of nitrogens with one attached hydrogen (secondary N) is 1. The van der Waals surface area contributed by atoms with E-state index in [0.717, 1.165) is 6.42 Å². The van der Waals surface area contributed by atoms with Crippen molar-refractivity contribution in [1.82, 2.24) is 10.3 Å². The van der Waals surface area contributed by atoms with Crippen molar-refractivity contribution in [2.24, 2.45) is 5.41 Å². The highest BCUT2D eigenvalue weighted by Gasteiger charge is 2.44. The van der Waals surface area contributed by atoms with Crippen molar-refractivity contribution >= 4 is 11.3 Å². The summed E-state index contributed by atoms with van der Waals surface area (Å²) in [5, 5.41) is 4.74. The van der Waals surface area contributed by atoms with Gasteiger partial charge in [0, 0.05) is 17.3 Å². The van der Waals surface area contributed by atoms with Crippen LogP contribution in [0.1, 0.15) is 35.3 Å². The SMILES string of the molecule is CNC(Cc1nc(C)c(C)s1)C1(C)CC1. The van der Waals surface area contributed by atoms with Crippen LogP contribution in [0.5, 0.6) is 0 Å². The Morgan fingerprint density at radius 2 is 2.13 bits per heavy atom. The van der Waals surface area contributed by atoms with Crippen molar-refractivity contribution in [2.75, 3.05) is 7.05 Å². The van der Waals surface area contributed by atoms with Gasteiger partial charge in [-0.3, -0.25) is 0 Å². The van der Waals surface area contributed by atoms with E-state index in [-0.39, 0.29) is 0 Å². The van der Waals surface area contributed by atoms with Crippen molar-refractivity contribution in [3.8, 4) is 0 Å². The van der Waals surface area contributed by atoms with Crippen LogP contribution in [0.2, 0.25) is 0 Å². The second-order valence-electron chi connectivity index (χ2n) is 4.95. The van der Waals surface area contributed by atoms with Crippen LogP contribution < -0.4 is 5.32 Å². The summed E-state index contributed by atoms with van der Waals surface area (Å²) in [5.41, 5.74) is 1.73. The molecule has 1 aliphatic carbocycles. The number of nitrogens with zero attached hydrogens (tertiary/aromatic N) is 1. The van der Waals surface area contributed by atoms with Gasteiger partial charge in [0.05, 0.1) is 10.7 Å². The molecular weight excluding hydrogens is 204 g/mol. The average molecular weight is 224 g/mol. The van der Waals surface area contributed by atoms with Crippen molar-refractivity contribution in [3.63, 3.8) is 0 Å². The molecule has 1 fully saturated rings. The minimum absolute atomic E-state index is 0.530. The van der Waals surface area contributed by atoms with E-state index in [2.05, 4.69) is 38.1 Å². The van der Waals surface area contributed by atoms with Crippen LogP contribution in [-0.2, 0) is 6.42 Å². The second-order valence-corrected chi connectivity index (χ2v) is 6.24. The molecule has 0 radical (unpaired) electrons. The van der Waals surface area contributed by atoms with Crippen molar-refractivity contribution in [3.05, 3.63) is 15.6 Å². The first-order valence-corrected chi connectivity index (χ1v) is 6.47. The highest BCUT2D eigenvalue weighted by atomic mass is 32.1. The van der Waals surface area contributed by atoms with E-state index in [4.69, 9.17) is 0 Å². The predicted molar refractivity (Wildman–Crippen MR) is 65.5 cm³/mol. The molecule has 2 rings (SSSR count). The summed E-state index contributed by atoms with van der Waals surface area (Å²) < 4.78 is 0. The van der Waals surface area contributed by atoms with E-state index < -0.39 is 0 Å². The molecule has 0 aromatic carbocycles. The van der Waals surface area contributed by atoms with Gasteiger partial charge >= 0.3 is 0 Å². The third kappa shape index (κ3) is 2.23. The van der Waals surface area contributed by atoms with Crippen LogP contribution in [0.3, 0.4) is 0 Å². The van der Waals surface area contributed by atoms with Gasteiger partial charge in [-0.2, -0.15) is 0 Å². The van der Waals surface area contributed by atoms with Gasteiger partial charge in [-0.15, -0.1) is 11.3 Å². The van der Waals surface area contributed by atoms with Crippen molar-refractivity contribution < 1.29 is 0 Å². The fraction of sp³-hybridized carbons (Fsp3) is 0.750. The number of rotatable bonds is 4. The van der Waals surface area contributed by atoms with Crippen LogP contribution >= 0.6 is 11.3 Å². The molecule has 0 spiro atoms. The Labute approximate surface area is 96.1 Å². The first kappa shape index (κ1) is 11.1. The van der Waals surface area contributed by atoms with E-state index in [0.29, 0.717) is 11.5 Å². The molecule has 1 heterocycles. The maximum Gasteiger partial charge on any atom is 0.0946 e. The largest absolute Gasteiger partial charge is 0.316 e. The van der Waals surface area contributed by atoms with Crippen LogP contribution in [-0.4, -0.2) is 18.1 Å². The van der Waals surface area contributed by atoms with Gasteiger partial charge in [0.15, 0.2) is 0 Å². The van der Waals surface area contributed by atoms with Gasteiger partial charge in [0.2, 0.25) is 0 Å². The molecule has 0 amide bonds.